The van der Waals surface area contributed by atoms with Crippen LogP contribution in [0.25, 0.3) is 0 Å². The van der Waals surface area contributed by atoms with Gasteiger partial charge in [-0.25, -0.2) is 9.37 Å². The third-order valence-corrected chi connectivity index (χ3v) is 5.76. The third-order valence-electron chi connectivity index (χ3n) is 5.76. The molecule has 6 heteroatoms. The van der Waals surface area contributed by atoms with E-state index in [2.05, 4.69) is 23.7 Å². The summed E-state index contributed by atoms with van der Waals surface area (Å²) in [7, 11) is 0. The molecule has 1 atom stereocenters. The average molecular weight is 357 g/mol. The highest BCUT2D eigenvalue weighted by Crippen LogP contribution is 2.47. The van der Waals surface area contributed by atoms with Gasteiger partial charge < -0.3 is 14.2 Å². The molecule has 26 heavy (non-hydrogen) atoms. The zero-order valence-corrected chi connectivity index (χ0v) is 15.5. The summed E-state index contributed by atoms with van der Waals surface area (Å²) < 4.78 is 18.6. The van der Waals surface area contributed by atoms with Crippen LogP contribution in [0.3, 0.4) is 0 Å². The molecule has 0 N–H and O–H groups in total. The van der Waals surface area contributed by atoms with Crippen LogP contribution in [0.5, 0.6) is 0 Å². The highest BCUT2D eigenvalue weighted by Gasteiger charge is 2.55. The van der Waals surface area contributed by atoms with Crippen molar-refractivity contribution in [2.24, 2.45) is 0 Å². The molecule has 3 heterocycles. The number of oxazole rings is 1. The molecule has 2 aromatic rings. The maximum absolute atomic E-state index is 13.3. The van der Waals surface area contributed by atoms with Crippen LogP contribution < -0.4 is 4.90 Å². The summed E-state index contributed by atoms with van der Waals surface area (Å²) in [5.41, 5.74) is 1.02. The SMILES string of the molecule is Cc1nc(C(=O)N2CCCC23CN(c2ccc(F)cc2)C(C)(C)C3)co1. The van der Waals surface area contributed by atoms with Gasteiger partial charge in [-0.2, -0.15) is 0 Å². The molecule has 2 saturated heterocycles. The Kier molecular flexibility index (Phi) is 3.82. The maximum Gasteiger partial charge on any atom is 0.276 e. The molecule has 1 aromatic heterocycles. The smallest absolute Gasteiger partial charge is 0.276 e. The lowest BCUT2D eigenvalue weighted by atomic mass is 9.87. The number of anilines is 1. The van der Waals surface area contributed by atoms with Crippen molar-refractivity contribution in [1.29, 1.82) is 0 Å². The standard InChI is InChI=1S/C20H24FN3O2/c1-14-22-17(11-26-14)18(25)23-10-4-9-20(23)12-19(2,3)24(13-20)16-7-5-15(21)6-8-16/h5-8,11H,4,9-10,12-13H2,1-3H3. The van der Waals surface area contributed by atoms with Gasteiger partial charge in [0.25, 0.3) is 5.91 Å². The Hall–Kier alpha value is -2.37. The van der Waals surface area contributed by atoms with E-state index in [1.807, 2.05) is 17.0 Å². The molecule has 1 amide bonds. The molecule has 5 nitrogen and oxygen atoms in total. The molecule has 2 aliphatic heterocycles. The van der Waals surface area contributed by atoms with Gasteiger partial charge in [0, 0.05) is 31.2 Å². The second kappa shape index (κ2) is 5.83. The van der Waals surface area contributed by atoms with E-state index in [4.69, 9.17) is 4.42 Å². The van der Waals surface area contributed by atoms with Crippen molar-refractivity contribution in [3.8, 4) is 0 Å². The highest BCUT2D eigenvalue weighted by atomic mass is 19.1. The van der Waals surface area contributed by atoms with E-state index in [-0.39, 0.29) is 22.8 Å². The summed E-state index contributed by atoms with van der Waals surface area (Å²) in [4.78, 5) is 21.6. The number of rotatable bonds is 2. The first-order chi connectivity index (χ1) is 12.3. The van der Waals surface area contributed by atoms with Crippen LogP contribution in [-0.2, 0) is 0 Å². The number of aryl methyl sites for hydroxylation is 1. The molecule has 0 saturated carbocycles. The van der Waals surface area contributed by atoms with Gasteiger partial charge in [0.05, 0.1) is 5.54 Å². The average Bonchev–Trinajstić information content (AvgIpc) is 3.26. The molecular weight excluding hydrogens is 333 g/mol. The molecule has 0 radical (unpaired) electrons. The fourth-order valence-electron chi connectivity index (χ4n) is 4.73. The van der Waals surface area contributed by atoms with Gasteiger partial charge >= 0.3 is 0 Å². The number of benzene rings is 1. The molecular formula is C20H24FN3O2. The number of likely N-dealkylation sites (tertiary alicyclic amines) is 1. The Morgan fingerprint density at radius 1 is 1.27 bits per heavy atom. The van der Waals surface area contributed by atoms with Crippen molar-refractivity contribution in [3.05, 3.63) is 47.9 Å². The Labute approximate surface area is 152 Å². The van der Waals surface area contributed by atoms with Crippen LogP contribution in [0.4, 0.5) is 10.1 Å². The third kappa shape index (κ3) is 2.68. The van der Waals surface area contributed by atoms with Crippen molar-refractivity contribution >= 4 is 11.6 Å². The Morgan fingerprint density at radius 3 is 2.65 bits per heavy atom. The van der Waals surface area contributed by atoms with Gasteiger partial charge in [0.15, 0.2) is 11.6 Å². The van der Waals surface area contributed by atoms with Crippen molar-refractivity contribution in [3.63, 3.8) is 0 Å². The second-order valence-corrected chi connectivity index (χ2v) is 8.09. The quantitative estimate of drug-likeness (QED) is 0.821. The molecule has 2 fully saturated rings. The first kappa shape index (κ1) is 17.1. The van der Waals surface area contributed by atoms with E-state index in [0.29, 0.717) is 11.6 Å². The first-order valence-electron chi connectivity index (χ1n) is 9.08. The number of nitrogens with zero attached hydrogens (tertiary/aromatic N) is 3. The molecule has 4 rings (SSSR count). The summed E-state index contributed by atoms with van der Waals surface area (Å²) in [5.74, 6) is 0.205. The normalized spacial score (nSPS) is 24.6. The molecule has 1 spiro atoms. The molecule has 0 bridgehead atoms. The number of aromatic nitrogens is 1. The summed E-state index contributed by atoms with van der Waals surface area (Å²) in [5, 5.41) is 0. The van der Waals surface area contributed by atoms with Crippen LogP contribution in [-0.4, -0.2) is 40.0 Å². The van der Waals surface area contributed by atoms with E-state index in [9.17, 15) is 9.18 Å². The van der Waals surface area contributed by atoms with E-state index < -0.39 is 0 Å². The fraction of sp³-hybridized carbons (Fsp3) is 0.500. The molecule has 2 aliphatic rings. The van der Waals surface area contributed by atoms with E-state index in [1.165, 1.54) is 18.4 Å². The second-order valence-electron chi connectivity index (χ2n) is 8.09. The molecule has 0 aliphatic carbocycles. The van der Waals surface area contributed by atoms with E-state index in [1.54, 1.807) is 6.92 Å². The lowest BCUT2D eigenvalue weighted by molar-refractivity contribution is 0.0611. The molecule has 1 unspecified atom stereocenters. The van der Waals surface area contributed by atoms with Crippen LogP contribution in [0, 0.1) is 12.7 Å². The Bertz CT molecular complexity index is 830. The minimum absolute atomic E-state index is 0.0592. The van der Waals surface area contributed by atoms with Crippen molar-refractivity contribution < 1.29 is 13.6 Å². The van der Waals surface area contributed by atoms with Crippen molar-refractivity contribution in [2.75, 3.05) is 18.0 Å². The number of halogens is 1. The summed E-state index contributed by atoms with van der Waals surface area (Å²) in [6.45, 7) is 7.59. The lowest BCUT2D eigenvalue weighted by Crippen LogP contribution is -2.49. The summed E-state index contributed by atoms with van der Waals surface area (Å²) in [6, 6.07) is 6.62. The number of carbonyl (C=O) groups excluding carboxylic acids is 1. The lowest BCUT2D eigenvalue weighted by Gasteiger charge is -2.34. The zero-order valence-electron chi connectivity index (χ0n) is 15.5. The van der Waals surface area contributed by atoms with Crippen LogP contribution in [0.2, 0.25) is 0 Å². The first-order valence-corrected chi connectivity index (χ1v) is 9.08. The molecule has 138 valence electrons. The van der Waals surface area contributed by atoms with Gasteiger partial charge in [-0.3, -0.25) is 4.79 Å². The number of carbonyl (C=O) groups is 1. The molecule has 1 aromatic carbocycles. The number of hydrogen-bond donors (Lipinski definition) is 0. The minimum Gasteiger partial charge on any atom is -0.448 e. The van der Waals surface area contributed by atoms with Gasteiger partial charge in [0.1, 0.15) is 12.1 Å². The van der Waals surface area contributed by atoms with Gasteiger partial charge in [0.2, 0.25) is 0 Å². The predicted molar refractivity (Wildman–Crippen MR) is 96.7 cm³/mol. The van der Waals surface area contributed by atoms with Crippen LogP contribution in [0.15, 0.2) is 34.9 Å². The van der Waals surface area contributed by atoms with Gasteiger partial charge in [-0.15, -0.1) is 0 Å². The largest absolute Gasteiger partial charge is 0.448 e. The Morgan fingerprint density at radius 2 is 2.00 bits per heavy atom. The van der Waals surface area contributed by atoms with Gasteiger partial charge in [-0.05, 0) is 57.4 Å². The van der Waals surface area contributed by atoms with E-state index in [0.717, 1.165) is 38.0 Å². The fourth-order valence-corrected chi connectivity index (χ4v) is 4.73. The van der Waals surface area contributed by atoms with Crippen LogP contribution >= 0.6 is 0 Å². The summed E-state index contributed by atoms with van der Waals surface area (Å²) >= 11 is 0. The zero-order chi connectivity index (χ0) is 18.5. The van der Waals surface area contributed by atoms with Crippen LogP contribution in [0.1, 0.15) is 49.5 Å². The summed E-state index contributed by atoms with van der Waals surface area (Å²) in [6.07, 6.45) is 4.27. The van der Waals surface area contributed by atoms with Crippen molar-refractivity contribution in [1.82, 2.24) is 9.88 Å². The van der Waals surface area contributed by atoms with Crippen molar-refractivity contribution in [2.45, 2.75) is 51.1 Å². The van der Waals surface area contributed by atoms with E-state index >= 15 is 0 Å². The topological polar surface area (TPSA) is 49.6 Å². The predicted octanol–water partition coefficient (Wildman–Crippen LogP) is 3.79. The van der Waals surface area contributed by atoms with Gasteiger partial charge in [-0.1, -0.05) is 0 Å². The minimum atomic E-state index is -0.237. The number of hydrogen-bond acceptors (Lipinski definition) is 4. The maximum atomic E-state index is 13.3. The monoisotopic (exact) mass is 357 g/mol. The highest BCUT2D eigenvalue weighted by molar-refractivity contribution is 5.93. The Balaban J connectivity index is 1.65. The number of amides is 1.